The minimum Gasteiger partial charge on any atom is -0.510 e. The van der Waals surface area contributed by atoms with Gasteiger partial charge in [0.1, 0.15) is 29.7 Å². The smallest absolute Gasteiger partial charge is 0.408 e. The van der Waals surface area contributed by atoms with Crippen molar-refractivity contribution in [2.45, 2.75) is 43.6 Å². The highest BCUT2D eigenvalue weighted by atomic mass is 16.5. The summed E-state index contributed by atoms with van der Waals surface area (Å²) in [6.45, 7) is 6.24. The van der Waals surface area contributed by atoms with Gasteiger partial charge in [0.2, 0.25) is 11.7 Å². The number of fused-ring (bicyclic) bond motifs is 3. The third kappa shape index (κ3) is 4.69. The molecule has 1 aromatic carbocycles. The number of hydrogen-bond acceptors (Lipinski definition) is 12. The first kappa shape index (κ1) is 32.2. The number of aliphatic hydroxyl groups excluding tert-OH is 3. The maximum absolute atomic E-state index is 13.9. The van der Waals surface area contributed by atoms with Crippen molar-refractivity contribution in [2.24, 2.45) is 17.6 Å². The molecule has 44 heavy (non-hydrogen) atoms. The Kier molecular flexibility index (Phi) is 8.34. The lowest BCUT2D eigenvalue weighted by molar-refractivity contribution is -0.162. The number of rotatable bonds is 7. The second-order valence-electron chi connectivity index (χ2n) is 11.2. The number of carbonyl (C=O) groups excluding carboxylic acids is 5. The number of phenols is 1. The number of anilines is 1. The third-order valence-electron chi connectivity index (χ3n) is 8.45. The number of hydrogen-bond donors (Lipinski definition) is 8. The summed E-state index contributed by atoms with van der Waals surface area (Å²) in [7, 11) is 2.88. The Bertz CT molecular complexity index is 1550. The number of primary amides is 1. The molecule has 0 radical (unpaired) electrons. The van der Waals surface area contributed by atoms with E-state index in [-0.39, 0.29) is 23.4 Å². The number of benzene rings is 1. The van der Waals surface area contributed by atoms with Gasteiger partial charge in [-0.15, -0.1) is 0 Å². The number of alkyl carbamates (subject to hydrolysis) is 1. The van der Waals surface area contributed by atoms with E-state index in [1.54, 1.807) is 6.92 Å². The number of ether oxygens (including phenoxy) is 1. The number of amides is 3. The van der Waals surface area contributed by atoms with Crippen LogP contribution in [-0.4, -0.2) is 104 Å². The Balaban J connectivity index is 1.80. The molecule has 0 aliphatic heterocycles. The first-order valence-electron chi connectivity index (χ1n) is 13.6. The number of nitrogens with one attached hydrogen (secondary N) is 2. The van der Waals surface area contributed by atoms with E-state index in [0.717, 1.165) is 0 Å². The van der Waals surface area contributed by atoms with Crippen LogP contribution in [0.3, 0.4) is 0 Å². The van der Waals surface area contributed by atoms with Gasteiger partial charge in [-0.25, -0.2) is 4.79 Å². The van der Waals surface area contributed by atoms with Crippen LogP contribution in [0.15, 0.2) is 47.5 Å². The normalized spacial score (nSPS) is 28.5. The summed E-state index contributed by atoms with van der Waals surface area (Å²) < 4.78 is 4.77. The van der Waals surface area contributed by atoms with Gasteiger partial charge in [-0.05, 0) is 38.6 Å². The molecule has 0 saturated heterocycles. The van der Waals surface area contributed by atoms with E-state index in [4.69, 9.17) is 10.5 Å². The van der Waals surface area contributed by atoms with Crippen LogP contribution >= 0.6 is 0 Å². The lowest BCUT2D eigenvalue weighted by Crippen LogP contribution is -2.68. The van der Waals surface area contributed by atoms with Crippen molar-refractivity contribution in [3.05, 3.63) is 58.6 Å². The Morgan fingerprint density at radius 1 is 1.20 bits per heavy atom. The van der Waals surface area contributed by atoms with Crippen molar-refractivity contribution >= 4 is 35.2 Å². The second-order valence-corrected chi connectivity index (χ2v) is 11.2. The number of likely N-dealkylation sites (N-methyl/N-ethyl adjacent to an activating group) is 1. The Labute approximate surface area is 251 Å². The maximum atomic E-state index is 13.9. The summed E-state index contributed by atoms with van der Waals surface area (Å²) in [4.78, 5) is 65.4. The molecule has 0 aromatic heterocycles. The largest absolute Gasteiger partial charge is 0.510 e. The van der Waals surface area contributed by atoms with Crippen molar-refractivity contribution in [1.29, 1.82) is 0 Å². The first-order chi connectivity index (χ1) is 20.5. The van der Waals surface area contributed by atoms with Crippen molar-refractivity contribution in [3.8, 4) is 5.75 Å². The molecule has 0 bridgehead atoms. The Morgan fingerprint density at radius 2 is 1.84 bits per heavy atom. The predicted molar refractivity (Wildman–Crippen MR) is 153 cm³/mol. The molecule has 0 fully saturated rings. The molecule has 0 spiro atoms. The van der Waals surface area contributed by atoms with Crippen LogP contribution in [0, 0.1) is 11.8 Å². The van der Waals surface area contributed by atoms with Gasteiger partial charge in [0.05, 0.1) is 29.3 Å². The molecule has 3 amide bonds. The minimum atomic E-state index is -3.05. The number of phenolic OH excluding ortho intramolecular Hbond substituents is 1. The Morgan fingerprint density at radius 3 is 2.41 bits per heavy atom. The minimum absolute atomic E-state index is 0.0942. The summed E-state index contributed by atoms with van der Waals surface area (Å²) in [6, 6.07) is 0.208. The fourth-order valence-corrected chi connectivity index (χ4v) is 6.38. The third-order valence-corrected chi connectivity index (χ3v) is 8.45. The van der Waals surface area contributed by atoms with Gasteiger partial charge in [-0.2, -0.15) is 0 Å². The number of ketones is 2. The van der Waals surface area contributed by atoms with E-state index in [1.807, 2.05) is 0 Å². The van der Waals surface area contributed by atoms with Crippen LogP contribution in [0.1, 0.15) is 35.7 Å². The number of carbonyl (C=O) groups is 5. The molecule has 3 aliphatic rings. The fourth-order valence-electron chi connectivity index (χ4n) is 6.38. The summed E-state index contributed by atoms with van der Waals surface area (Å²) in [5.74, 6) is -11.1. The highest BCUT2D eigenvalue weighted by molar-refractivity contribution is 6.25. The number of nitrogens with zero attached hydrogens (tertiary/aromatic N) is 1. The van der Waals surface area contributed by atoms with E-state index in [2.05, 4.69) is 17.2 Å². The van der Waals surface area contributed by atoms with Crippen molar-refractivity contribution < 1.29 is 54.2 Å². The van der Waals surface area contributed by atoms with Crippen molar-refractivity contribution in [3.63, 3.8) is 0 Å². The maximum Gasteiger partial charge on any atom is 0.408 e. The molecule has 5 unspecified atom stereocenters. The number of aromatic hydroxyl groups is 1. The summed E-state index contributed by atoms with van der Waals surface area (Å²) in [6.07, 6.45) is -1.31. The number of Topliss-reactive ketones (excluding diaryl/α,β-unsaturated/α-hetero) is 2. The van der Waals surface area contributed by atoms with Crippen LogP contribution in [0.4, 0.5) is 10.5 Å². The second kappa shape index (κ2) is 11.4. The summed E-state index contributed by atoms with van der Waals surface area (Å²) >= 11 is 0. The number of aliphatic hydroxyl groups is 4. The summed E-state index contributed by atoms with van der Waals surface area (Å²) in [5, 5.41) is 61.6. The highest BCUT2D eigenvalue weighted by Crippen LogP contribution is 2.56. The summed E-state index contributed by atoms with van der Waals surface area (Å²) in [5.41, 5.74) is 0.287. The van der Waals surface area contributed by atoms with Gasteiger partial charge < -0.3 is 46.6 Å². The van der Waals surface area contributed by atoms with Crippen molar-refractivity contribution in [1.82, 2.24) is 10.2 Å². The molecule has 15 nitrogen and oxygen atoms in total. The van der Waals surface area contributed by atoms with Gasteiger partial charge in [0.25, 0.3) is 5.91 Å². The molecular formula is C29H34N4O11. The highest BCUT2D eigenvalue weighted by Gasteiger charge is 2.67. The van der Waals surface area contributed by atoms with Gasteiger partial charge in [0.15, 0.2) is 17.1 Å². The quantitative estimate of drug-likeness (QED) is 0.114. The number of nitrogens with two attached hydrogens (primary N) is 1. The van der Waals surface area contributed by atoms with Crippen LogP contribution in [-0.2, 0) is 19.1 Å². The van der Waals surface area contributed by atoms with Crippen LogP contribution < -0.4 is 16.4 Å². The molecule has 3 aliphatic carbocycles. The molecule has 4 rings (SSSR count). The van der Waals surface area contributed by atoms with Crippen LogP contribution in [0.25, 0.3) is 0 Å². The van der Waals surface area contributed by atoms with Crippen LogP contribution in [0.5, 0.6) is 5.75 Å². The average molecular weight is 615 g/mol. The molecule has 1 aromatic rings. The topological polar surface area (TPSA) is 249 Å². The van der Waals surface area contributed by atoms with E-state index in [1.165, 1.54) is 44.1 Å². The van der Waals surface area contributed by atoms with Gasteiger partial charge >= 0.3 is 6.09 Å². The van der Waals surface area contributed by atoms with Gasteiger partial charge in [0, 0.05) is 11.5 Å². The molecule has 236 valence electrons. The molecule has 15 heteroatoms. The van der Waals surface area contributed by atoms with Gasteiger partial charge in [-0.3, -0.25) is 24.1 Å². The van der Waals surface area contributed by atoms with E-state index >= 15 is 0 Å². The zero-order valence-electron chi connectivity index (χ0n) is 24.3. The molecule has 7 atom stereocenters. The standard InChI is InChI=1S/C29H34N4O11/c1-6-9-44-28(42)31-11(3)27(41)32-13-8-7-12-10(2)14-16(21(35)15(12)20(13)34)24(38)29(43)18(22(14)36)19(33(4)5)23(37)17(25(29)39)26(30)40/h6-8,10-11,14,18-19,22,34,36-38,43H,1,9H2,2-5H3,(H2,30,40)(H,31,42)(H,32,41)/t10?,11?,14?,18?,19-,22?,29-/m0/s1. The molecule has 0 saturated carbocycles. The van der Waals surface area contributed by atoms with E-state index in [9.17, 15) is 49.5 Å². The first-order valence-corrected chi connectivity index (χ1v) is 13.6. The van der Waals surface area contributed by atoms with Crippen LogP contribution in [0.2, 0.25) is 0 Å². The predicted octanol–water partition coefficient (Wildman–Crippen LogP) is -0.108. The zero-order chi connectivity index (χ0) is 33.0. The zero-order valence-corrected chi connectivity index (χ0v) is 24.3. The molecule has 9 N–H and O–H groups in total. The van der Waals surface area contributed by atoms with Crippen molar-refractivity contribution in [2.75, 3.05) is 26.0 Å². The lowest BCUT2D eigenvalue weighted by Gasteiger charge is -2.53. The average Bonchev–Trinajstić information content (AvgIpc) is 2.94. The fraction of sp³-hybridized carbons (Fsp3) is 0.414. The lowest BCUT2D eigenvalue weighted by atomic mass is 9.55. The Hall–Kier alpha value is -4.73. The molecular weight excluding hydrogens is 580 g/mol. The SMILES string of the molecule is C=CCOC(=O)NC(C)C(=O)Nc1ccc2c(c1O)C(=O)C1=C(O)[C@]3(O)C(=O)C(C(N)=O)=C(O)[C@@H](N(C)C)C3C(O)C1C2C. The monoisotopic (exact) mass is 614 g/mol. The molecule has 0 heterocycles. The van der Waals surface area contributed by atoms with E-state index < -0.39 is 99.4 Å². The van der Waals surface area contributed by atoms with E-state index in [0.29, 0.717) is 0 Å². The van der Waals surface area contributed by atoms with Gasteiger partial charge in [-0.1, -0.05) is 25.6 Å².